The maximum Gasteiger partial charge on any atom is 0.433 e. The summed E-state index contributed by atoms with van der Waals surface area (Å²) in [7, 11) is 0. The van der Waals surface area contributed by atoms with Crippen molar-refractivity contribution >= 4 is 17.7 Å². The number of furan rings is 1. The molecule has 0 atom stereocenters. The van der Waals surface area contributed by atoms with E-state index in [2.05, 4.69) is 5.10 Å². The zero-order chi connectivity index (χ0) is 13.1. The first-order valence-electron chi connectivity index (χ1n) is 5.38. The summed E-state index contributed by atoms with van der Waals surface area (Å²) >= 11 is 0. The Hall–Kier alpha value is -2.38. The summed E-state index contributed by atoms with van der Waals surface area (Å²) in [5.74, 6) is -0.0703. The highest BCUT2D eigenvalue weighted by Crippen LogP contribution is 2.18. The van der Waals surface area contributed by atoms with E-state index in [1.165, 1.54) is 17.1 Å². The number of cyclic esters (lactones) is 1. The minimum atomic E-state index is -0.624. The molecule has 1 fully saturated rings. The van der Waals surface area contributed by atoms with Crippen molar-refractivity contribution in [3.63, 3.8) is 0 Å². The molecule has 0 aliphatic carbocycles. The van der Waals surface area contributed by atoms with E-state index in [4.69, 9.17) is 9.15 Å². The molecule has 0 N–H and O–H groups in total. The molecule has 1 aliphatic heterocycles. The molecule has 0 radical (unpaired) electrons. The maximum absolute atomic E-state index is 11.2. The lowest BCUT2D eigenvalue weighted by Crippen LogP contribution is -2.20. The summed E-state index contributed by atoms with van der Waals surface area (Å²) in [5, 5.41) is 15.8. The molecule has 0 unspecified atom stereocenters. The fraction of sp³-hybridized carbons (Fsp3) is 0.400. The van der Waals surface area contributed by atoms with Gasteiger partial charge in [0.25, 0.3) is 0 Å². The van der Waals surface area contributed by atoms with Gasteiger partial charge in [-0.05, 0) is 12.5 Å². The Bertz CT molecular complexity index is 507. The van der Waals surface area contributed by atoms with E-state index in [9.17, 15) is 14.9 Å². The van der Waals surface area contributed by atoms with Crippen molar-refractivity contribution in [2.45, 2.75) is 13.3 Å². The van der Waals surface area contributed by atoms with Crippen LogP contribution in [0.5, 0.6) is 0 Å². The first kappa shape index (κ1) is 12.1. The Morgan fingerprint density at radius 2 is 2.39 bits per heavy atom. The Morgan fingerprint density at radius 1 is 1.61 bits per heavy atom. The Labute approximate surface area is 102 Å². The van der Waals surface area contributed by atoms with Gasteiger partial charge < -0.3 is 9.15 Å². The average molecular weight is 253 g/mol. The number of nitro groups is 1. The van der Waals surface area contributed by atoms with Crippen molar-refractivity contribution in [2.24, 2.45) is 5.10 Å². The predicted octanol–water partition coefficient (Wildman–Crippen LogP) is 1.75. The summed E-state index contributed by atoms with van der Waals surface area (Å²) < 4.78 is 9.77. The second kappa shape index (κ2) is 4.86. The van der Waals surface area contributed by atoms with Gasteiger partial charge in [-0.15, -0.1) is 0 Å². The van der Waals surface area contributed by atoms with E-state index in [0.29, 0.717) is 18.7 Å². The van der Waals surface area contributed by atoms with Gasteiger partial charge in [0.1, 0.15) is 17.2 Å². The summed E-state index contributed by atoms with van der Waals surface area (Å²) in [6, 6.07) is 2.71. The molecule has 1 amide bonds. The van der Waals surface area contributed by atoms with Crippen LogP contribution in [0.3, 0.4) is 0 Å². The zero-order valence-corrected chi connectivity index (χ0v) is 9.66. The summed E-state index contributed by atoms with van der Waals surface area (Å²) in [6.07, 6.45) is -0.0453. The fourth-order valence-corrected chi connectivity index (χ4v) is 1.50. The molecule has 2 heterocycles. The number of hydrogen-bond donors (Lipinski definition) is 0. The van der Waals surface area contributed by atoms with Crippen LogP contribution in [0.25, 0.3) is 0 Å². The van der Waals surface area contributed by atoms with Crippen molar-refractivity contribution in [1.29, 1.82) is 0 Å². The van der Waals surface area contributed by atoms with Gasteiger partial charge in [0.15, 0.2) is 5.76 Å². The van der Waals surface area contributed by atoms with Crippen LogP contribution >= 0.6 is 0 Å². The fourth-order valence-electron chi connectivity index (χ4n) is 1.50. The zero-order valence-electron chi connectivity index (χ0n) is 9.66. The molecule has 1 saturated heterocycles. The minimum Gasteiger partial charge on any atom is -0.446 e. The first-order chi connectivity index (χ1) is 8.61. The van der Waals surface area contributed by atoms with E-state index >= 15 is 0 Å². The number of hydrazone groups is 1. The first-order valence-corrected chi connectivity index (χ1v) is 5.38. The summed E-state index contributed by atoms with van der Waals surface area (Å²) in [6.45, 7) is 2.47. The predicted molar refractivity (Wildman–Crippen MR) is 60.2 cm³/mol. The van der Waals surface area contributed by atoms with Crippen LogP contribution in [0.4, 0.5) is 10.7 Å². The van der Waals surface area contributed by atoms with E-state index in [1.807, 2.05) is 6.92 Å². The standard InChI is InChI=1S/C10H11N3O5/c1-2-7(11-12-5-6-17-10(12)14)8-3-4-9(18-8)13(15)16/h3-4H,2,5-6H2,1H3/b11-7+. The van der Waals surface area contributed by atoms with E-state index in [0.717, 1.165) is 0 Å². The van der Waals surface area contributed by atoms with Crippen LogP contribution in [0, 0.1) is 10.1 Å². The van der Waals surface area contributed by atoms with Gasteiger partial charge in [0.2, 0.25) is 0 Å². The van der Waals surface area contributed by atoms with Crippen LogP contribution in [0.2, 0.25) is 0 Å². The lowest BCUT2D eigenvalue weighted by atomic mass is 10.2. The van der Waals surface area contributed by atoms with Crippen molar-refractivity contribution in [3.05, 3.63) is 28.0 Å². The molecule has 2 rings (SSSR count). The summed E-state index contributed by atoms with van der Waals surface area (Å²) in [5.41, 5.74) is 0.460. The van der Waals surface area contributed by atoms with E-state index in [1.54, 1.807) is 0 Å². The van der Waals surface area contributed by atoms with Crippen molar-refractivity contribution in [3.8, 4) is 0 Å². The summed E-state index contributed by atoms with van der Waals surface area (Å²) in [4.78, 5) is 21.1. The van der Waals surface area contributed by atoms with Gasteiger partial charge in [-0.1, -0.05) is 6.92 Å². The van der Waals surface area contributed by atoms with Gasteiger partial charge >= 0.3 is 12.0 Å². The van der Waals surface area contributed by atoms with Gasteiger partial charge in [0.05, 0.1) is 12.6 Å². The molecule has 18 heavy (non-hydrogen) atoms. The average Bonchev–Trinajstić information content (AvgIpc) is 2.95. The third-order valence-electron chi connectivity index (χ3n) is 2.37. The van der Waals surface area contributed by atoms with Crippen molar-refractivity contribution in [1.82, 2.24) is 5.01 Å². The molecular weight excluding hydrogens is 242 g/mol. The number of carbonyl (C=O) groups excluding carboxylic acids is 1. The molecule has 8 nitrogen and oxygen atoms in total. The van der Waals surface area contributed by atoms with Gasteiger partial charge in [-0.25, -0.2) is 4.79 Å². The quantitative estimate of drug-likeness (QED) is 0.462. The van der Waals surface area contributed by atoms with Crippen LogP contribution < -0.4 is 0 Å². The third kappa shape index (κ3) is 2.31. The normalized spacial score (nSPS) is 15.9. The van der Waals surface area contributed by atoms with Gasteiger partial charge in [-0.2, -0.15) is 10.1 Å². The molecule has 1 aliphatic rings. The number of carbonyl (C=O) groups is 1. The Balaban J connectivity index is 2.24. The van der Waals surface area contributed by atoms with Crippen molar-refractivity contribution < 1.29 is 18.9 Å². The molecule has 0 spiro atoms. The van der Waals surface area contributed by atoms with Crippen LogP contribution in [0.1, 0.15) is 19.1 Å². The number of rotatable bonds is 4. The lowest BCUT2D eigenvalue weighted by Gasteiger charge is -2.07. The van der Waals surface area contributed by atoms with Crippen LogP contribution in [-0.2, 0) is 4.74 Å². The second-order valence-corrected chi connectivity index (χ2v) is 3.53. The van der Waals surface area contributed by atoms with E-state index in [-0.39, 0.29) is 18.3 Å². The minimum absolute atomic E-state index is 0.281. The third-order valence-corrected chi connectivity index (χ3v) is 2.37. The molecule has 1 aromatic rings. The molecular formula is C10H11N3O5. The van der Waals surface area contributed by atoms with Crippen LogP contribution in [-0.4, -0.2) is 34.9 Å². The lowest BCUT2D eigenvalue weighted by molar-refractivity contribution is -0.402. The highest BCUT2D eigenvalue weighted by Gasteiger charge is 2.23. The van der Waals surface area contributed by atoms with E-state index < -0.39 is 11.0 Å². The Kier molecular flexibility index (Phi) is 3.26. The highest BCUT2D eigenvalue weighted by molar-refractivity contribution is 5.98. The molecule has 0 bridgehead atoms. The largest absolute Gasteiger partial charge is 0.446 e. The molecule has 0 aromatic carbocycles. The van der Waals surface area contributed by atoms with Crippen molar-refractivity contribution in [2.75, 3.05) is 13.2 Å². The smallest absolute Gasteiger partial charge is 0.433 e. The van der Waals surface area contributed by atoms with Crippen LogP contribution in [0.15, 0.2) is 21.7 Å². The maximum atomic E-state index is 11.2. The Morgan fingerprint density at radius 3 is 2.89 bits per heavy atom. The SMILES string of the molecule is CC/C(=N\N1CCOC1=O)c1ccc([N+](=O)[O-])o1. The topological polar surface area (TPSA) is 98.2 Å². The molecule has 0 saturated carbocycles. The number of nitrogens with zero attached hydrogens (tertiary/aromatic N) is 3. The molecule has 96 valence electrons. The number of amides is 1. The van der Waals surface area contributed by atoms with Gasteiger partial charge in [-0.3, -0.25) is 10.1 Å². The monoisotopic (exact) mass is 253 g/mol. The van der Waals surface area contributed by atoms with Gasteiger partial charge in [0, 0.05) is 0 Å². The molecule has 1 aromatic heterocycles. The number of ether oxygens (including phenoxy) is 1. The highest BCUT2D eigenvalue weighted by atomic mass is 16.6. The molecule has 8 heteroatoms. The second-order valence-electron chi connectivity index (χ2n) is 3.53. The number of hydrogen-bond acceptors (Lipinski definition) is 6.